The van der Waals surface area contributed by atoms with E-state index >= 15 is 0 Å². The minimum absolute atomic E-state index is 0.0338. The lowest BCUT2D eigenvalue weighted by Gasteiger charge is -2.12. The minimum Gasteiger partial charge on any atom is -0.494 e. The van der Waals surface area contributed by atoms with E-state index in [9.17, 15) is 9.18 Å². The summed E-state index contributed by atoms with van der Waals surface area (Å²) < 4.78 is 21.6. The van der Waals surface area contributed by atoms with E-state index in [0.29, 0.717) is 11.4 Å². The smallest absolute Gasteiger partial charge is 0.255 e. The molecule has 2 aromatic carbocycles. The lowest BCUT2D eigenvalue weighted by Crippen LogP contribution is -2.13. The monoisotopic (exact) mass is 448 g/mol. The molecule has 2 heterocycles. The Bertz CT molecular complexity index is 1090. The molecular formula is C21H19Cl2FN4O2. The molecule has 0 saturated heterocycles. The number of carbonyl (C=O) groups excluding carboxylic acids is 1. The van der Waals surface area contributed by atoms with Gasteiger partial charge < -0.3 is 14.6 Å². The van der Waals surface area contributed by atoms with E-state index in [1.807, 2.05) is 0 Å². The first-order valence-electron chi connectivity index (χ1n) is 9.54. The zero-order chi connectivity index (χ0) is 21.3. The van der Waals surface area contributed by atoms with Crippen LogP contribution in [0.3, 0.4) is 0 Å². The van der Waals surface area contributed by atoms with Gasteiger partial charge in [-0.15, -0.1) is 10.2 Å². The topological polar surface area (TPSA) is 69.0 Å². The number of rotatable bonds is 4. The van der Waals surface area contributed by atoms with Gasteiger partial charge in [0.05, 0.1) is 22.8 Å². The number of hydrogen-bond acceptors (Lipinski definition) is 4. The first-order valence-corrected chi connectivity index (χ1v) is 10.3. The van der Waals surface area contributed by atoms with Crippen molar-refractivity contribution in [2.75, 3.05) is 12.4 Å². The molecule has 1 aliphatic rings. The third-order valence-corrected chi connectivity index (χ3v) is 5.61. The van der Waals surface area contributed by atoms with Crippen molar-refractivity contribution in [2.24, 2.45) is 0 Å². The van der Waals surface area contributed by atoms with Gasteiger partial charge in [0.15, 0.2) is 11.6 Å². The number of carbonyl (C=O) groups is 1. The van der Waals surface area contributed by atoms with E-state index < -0.39 is 11.7 Å². The van der Waals surface area contributed by atoms with Gasteiger partial charge >= 0.3 is 0 Å². The highest BCUT2D eigenvalue weighted by Crippen LogP contribution is 2.34. The number of halogens is 3. The van der Waals surface area contributed by atoms with Crippen LogP contribution in [0.15, 0.2) is 30.3 Å². The van der Waals surface area contributed by atoms with Gasteiger partial charge in [-0.2, -0.15) is 0 Å². The van der Waals surface area contributed by atoms with Crippen LogP contribution >= 0.6 is 23.2 Å². The number of ether oxygens (including phenoxy) is 1. The van der Waals surface area contributed by atoms with Crippen molar-refractivity contribution in [1.29, 1.82) is 0 Å². The first kappa shape index (κ1) is 20.6. The molecule has 0 bridgehead atoms. The van der Waals surface area contributed by atoms with Gasteiger partial charge in [-0.3, -0.25) is 4.79 Å². The summed E-state index contributed by atoms with van der Waals surface area (Å²) in [5.41, 5.74) is 0.900. The predicted molar refractivity (Wildman–Crippen MR) is 114 cm³/mol. The lowest BCUT2D eigenvalue weighted by atomic mass is 10.1. The Morgan fingerprint density at radius 3 is 2.63 bits per heavy atom. The Labute approximate surface area is 183 Å². The van der Waals surface area contributed by atoms with Crippen LogP contribution in [0, 0.1) is 5.82 Å². The molecule has 0 spiro atoms. The molecule has 0 saturated carbocycles. The maximum absolute atomic E-state index is 14.4. The summed E-state index contributed by atoms with van der Waals surface area (Å²) in [5, 5.41) is 11.5. The number of aromatic nitrogens is 3. The van der Waals surface area contributed by atoms with Crippen molar-refractivity contribution in [3.05, 3.63) is 57.6 Å². The van der Waals surface area contributed by atoms with Crippen molar-refractivity contribution < 1.29 is 13.9 Å². The van der Waals surface area contributed by atoms with E-state index in [0.717, 1.165) is 38.1 Å². The fraction of sp³-hybridized carbons (Fsp3) is 0.286. The Morgan fingerprint density at radius 2 is 1.90 bits per heavy atom. The van der Waals surface area contributed by atoms with Crippen LogP contribution < -0.4 is 10.1 Å². The van der Waals surface area contributed by atoms with Gasteiger partial charge in [0.1, 0.15) is 11.6 Å². The quantitative estimate of drug-likeness (QED) is 0.581. The van der Waals surface area contributed by atoms with Crippen LogP contribution in [0.2, 0.25) is 10.0 Å². The molecule has 1 N–H and O–H groups in total. The van der Waals surface area contributed by atoms with Crippen LogP contribution in [-0.4, -0.2) is 27.8 Å². The third kappa shape index (κ3) is 4.00. The second kappa shape index (κ2) is 8.62. The molecule has 0 fully saturated rings. The predicted octanol–water partition coefficient (Wildman–Crippen LogP) is 5.38. The van der Waals surface area contributed by atoms with Crippen LogP contribution in [0.4, 0.5) is 10.1 Å². The highest BCUT2D eigenvalue weighted by molar-refractivity contribution is 6.37. The largest absolute Gasteiger partial charge is 0.494 e. The Kier molecular flexibility index (Phi) is 5.92. The molecule has 3 aromatic rings. The summed E-state index contributed by atoms with van der Waals surface area (Å²) >= 11 is 12.2. The summed E-state index contributed by atoms with van der Waals surface area (Å²) in [6, 6.07) is 7.33. The number of fused-ring (bicyclic) bond motifs is 1. The molecule has 6 nitrogen and oxygen atoms in total. The zero-order valence-electron chi connectivity index (χ0n) is 16.2. The summed E-state index contributed by atoms with van der Waals surface area (Å²) in [5.74, 6) is 0.763. The molecule has 1 aliphatic heterocycles. The number of nitrogens with one attached hydrogen (secondary N) is 1. The van der Waals surface area contributed by atoms with E-state index in [4.69, 9.17) is 27.9 Å². The molecular weight excluding hydrogens is 430 g/mol. The van der Waals surface area contributed by atoms with Crippen molar-refractivity contribution in [1.82, 2.24) is 14.8 Å². The van der Waals surface area contributed by atoms with Crippen molar-refractivity contribution in [3.63, 3.8) is 0 Å². The van der Waals surface area contributed by atoms with E-state index in [1.54, 1.807) is 12.1 Å². The van der Waals surface area contributed by atoms with Crippen molar-refractivity contribution in [3.8, 4) is 17.1 Å². The summed E-state index contributed by atoms with van der Waals surface area (Å²) in [7, 11) is 1.43. The van der Waals surface area contributed by atoms with Crippen molar-refractivity contribution >= 4 is 34.8 Å². The van der Waals surface area contributed by atoms with Crippen LogP contribution in [0.1, 0.15) is 35.4 Å². The Morgan fingerprint density at radius 1 is 1.13 bits per heavy atom. The van der Waals surface area contributed by atoms with Gasteiger partial charge in [-0.25, -0.2) is 4.39 Å². The van der Waals surface area contributed by atoms with Gasteiger partial charge in [-0.05, 0) is 43.2 Å². The molecule has 1 aromatic heterocycles. The number of anilines is 1. The van der Waals surface area contributed by atoms with Crippen LogP contribution in [0.25, 0.3) is 11.4 Å². The molecule has 0 unspecified atom stereocenters. The number of benzene rings is 2. The molecule has 1 amide bonds. The van der Waals surface area contributed by atoms with Gasteiger partial charge in [0.2, 0.25) is 0 Å². The molecule has 4 rings (SSSR count). The molecule has 0 aliphatic carbocycles. The van der Waals surface area contributed by atoms with Gasteiger partial charge in [-0.1, -0.05) is 29.6 Å². The molecule has 9 heteroatoms. The van der Waals surface area contributed by atoms with Crippen molar-refractivity contribution in [2.45, 2.75) is 32.2 Å². The molecule has 156 valence electrons. The lowest BCUT2D eigenvalue weighted by molar-refractivity contribution is 0.102. The normalized spacial score (nSPS) is 13.5. The summed E-state index contributed by atoms with van der Waals surface area (Å²) in [4.78, 5) is 12.7. The first-order chi connectivity index (χ1) is 14.5. The average molecular weight is 449 g/mol. The molecule has 0 atom stereocenters. The minimum atomic E-state index is -0.562. The van der Waals surface area contributed by atoms with Gasteiger partial charge in [0, 0.05) is 24.1 Å². The molecule has 0 radical (unpaired) electrons. The number of amides is 1. The standard InChI is InChI=1S/C21H19Cl2FN4O2/c1-30-19-14(22)9-13(10-15(19)23)21(29)25-17-11-12(6-7-16(17)24)20-27-26-18-5-3-2-4-8-28(18)20/h6-7,9-11H,2-5,8H2,1H3,(H,25,29). The fourth-order valence-corrected chi connectivity index (χ4v) is 4.18. The zero-order valence-corrected chi connectivity index (χ0v) is 17.7. The Balaban J connectivity index is 1.63. The maximum atomic E-state index is 14.4. The van der Waals surface area contributed by atoms with E-state index in [-0.39, 0.29) is 27.0 Å². The highest BCUT2D eigenvalue weighted by Gasteiger charge is 2.19. The van der Waals surface area contributed by atoms with E-state index in [2.05, 4.69) is 20.1 Å². The maximum Gasteiger partial charge on any atom is 0.255 e. The SMILES string of the molecule is COc1c(Cl)cc(C(=O)Nc2cc(-c3nnc4n3CCCCC4)ccc2F)cc1Cl. The third-order valence-electron chi connectivity index (χ3n) is 5.05. The Hall–Kier alpha value is -2.64. The van der Waals surface area contributed by atoms with Gasteiger partial charge in [0.25, 0.3) is 5.91 Å². The number of hydrogen-bond donors (Lipinski definition) is 1. The fourth-order valence-electron chi connectivity index (χ4n) is 3.54. The summed E-state index contributed by atoms with van der Waals surface area (Å²) in [6.45, 7) is 0.819. The molecule has 30 heavy (non-hydrogen) atoms. The second-order valence-corrected chi connectivity index (χ2v) is 7.84. The van der Waals surface area contributed by atoms with Crippen LogP contribution in [0.5, 0.6) is 5.75 Å². The van der Waals surface area contributed by atoms with Crippen LogP contribution in [-0.2, 0) is 13.0 Å². The number of aryl methyl sites for hydroxylation is 1. The second-order valence-electron chi connectivity index (χ2n) is 7.02. The summed E-state index contributed by atoms with van der Waals surface area (Å²) in [6.07, 6.45) is 4.13. The highest BCUT2D eigenvalue weighted by atomic mass is 35.5. The number of methoxy groups -OCH3 is 1. The average Bonchev–Trinajstić information content (AvgIpc) is 2.97. The number of nitrogens with zero attached hydrogens (tertiary/aromatic N) is 3. The van der Waals surface area contributed by atoms with E-state index in [1.165, 1.54) is 25.3 Å².